The van der Waals surface area contributed by atoms with Gasteiger partial charge in [0.25, 0.3) is 0 Å². The van der Waals surface area contributed by atoms with Crippen molar-refractivity contribution in [3.05, 3.63) is 35.9 Å². The molecule has 0 atom stereocenters. The maximum Gasteiger partial charge on any atom is 0.488 e. The molecule has 2 N–H and O–H groups in total. The topological polar surface area (TPSA) is 43.7 Å². The summed E-state index contributed by atoms with van der Waals surface area (Å²) in [6.45, 7) is 4.33. The van der Waals surface area contributed by atoms with E-state index in [4.69, 9.17) is 0 Å². The van der Waals surface area contributed by atoms with Gasteiger partial charge in [-0.1, -0.05) is 30.9 Å². The molecule has 0 spiro atoms. The van der Waals surface area contributed by atoms with E-state index in [1.54, 1.807) is 12.1 Å². The first-order chi connectivity index (χ1) is 7.04. The van der Waals surface area contributed by atoms with Crippen LogP contribution >= 0.6 is 0 Å². The van der Waals surface area contributed by atoms with Crippen molar-refractivity contribution in [2.75, 3.05) is 14.1 Å². The smallest absolute Gasteiger partial charge is 0.423 e. The third-order valence-electron chi connectivity index (χ3n) is 2.17. The Morgan fingerprint density at radius 3 is 2.53 bits per heavy atom. The molecule has 0 unspecified atom stereocenters. The summed E-state index contributed by atoms with van der Waals surface area (Å²) in [5.74, 6) is 0. The lowest BCUT2D eigenvalue weighted by Crippen LogP contribution is -2.34. The van der Waals surface area contributed by atoms with Crippen LogP contribution in [-0.2, 0) is 6.54 Å². The highest BCUT2D eigenvalue weighted by atomic mass is 16.4. The zero-order valence-corrected chi connectivity index (χ0v) is 9.14. The Bertz CT molecular complexity index is 350. The molecule has 0 fully saturated rings. The lowest BCUT2D eigenvalue weighted by atomic mass is 9.76. The van der Waals surface area contributed by atoms with Crippen molar-refractivity contribution in [3.8, 4) is 0 Å². The van der Waals surface area contributed by atoms with Gasteiger partial charge in [0.2, 0.25) is 0 Å². The standard InChI is InChI=1S/C11H16BNO2/c1-4-9-5-6-10(8-13(2)3)11(7-9)12(14)15/h4-7,14-15H,1,8H2,2-3H3. The summed E-state index contributed by atoms with van der Waals surface area (Å²) >= 11 is 0. The minimum absolute atomic E-state index is 0.543. The van der Waals surface area contributed by atoms with E-state index < -0.39 is 7.12 Å². The predicted molar refractivity (Wildman–Crippen MR) is 63.7 cm³/mol. The van der Waals surface area contributed by atoms with Crippen LogP contribution in [0.5, 0.6) is 0 Å². The van der Waals surface area contributed by atoms with Gasteiger partial charge in [0.1, 0.15) is 0 Å². The Kier molecular flexibility index (Phi) is 4.09. The fourth-order valence-electron chi connectivity index (χ4n) is 1.47. The van der Waals surface area contributed by atoms with E-state index >= 15 is 0 Å². The quantitative estimate of drug-likeness (QED) is 0.683. The van der Waals surface area contributed by atoms with E-state index in [-0.39, 0.29) is 0 Å². The van der Waals surface area contributed by atoms with Crippen molar-refractivity contribution in [1.82, 2.24) is 4.90 Å². The van der Waals surface area contributed by atoms with E-state index in [0.29, 0.717) is 12.0 Å². The van der Waals surface area contributed by atoms with Crippen LogP contribution in [0, 0.1) is 0 Å². The van der Waals surface area contributed by atoms with E-state index in [1.165, 1.54) is 0 Å². The molecule has 4 heteroatoms. The van der Waals surface area contributed by atoms with Gasteiger partial charge in [0, 0.05) is 6.54 Å². The largest absolute Gasteiger partial charge is 0.488 e. The molecule has 0 aliphatic rings. The number of nitrogens with zero attached hydrogens (tertiary/aromatic N) is 1. The van der Waals surface area contributed by atoms with E-state index in [1.807, 2.05) is 31.1 Å². The first-order valence-electron chi connectivity index (χ1n) is 4.80. The monoisotopic (exact) mass is 205 g/mol. The van der Waals surface area contributed by atoms with Gasteiger partial charge in [0.05, 0.1) is 0 Å². The fraction of sp³-hybridized carbons (Fsp3) is 0.273. The van der Waals surface area contributed by atoms with E-state index in [2.05, 4.69) is 6.58 Å². The van der Waals surface area contributed by atoms with Gasteiger partial charge in [-0.25, -0.2) is 0 Å². The minimum atomic E-state index is -1.43. The van der Waals surface area contributed by atoms with E-state index in [9.17, 15) is 10.0 Å². The van der Waals surface area contributed by atoms with Gasteiger partial charge in [-0.2, -0.15) is 0 Å². The second-order valence-electron chi connectivity index (χ2n) is 3.77. The number of hydrogen-bond acceptors (Lipinski definition) is 3. The number of benzene rings is 1. The second kappa shape index (κ2) is 5.12. The van der Waals surface area contributed by atoms with Gasteiger partial charge in [-0.3, -0.25) is 0 Å². The van der Waals surface area contributed by atoms with Crippen LogP contribution < -0.4 is 5.46 Å². The summed E-state index contributed by atoms with van der Waals surface area (Å²) in [6, 6.07) is 5.56. The highest BCUT2D eigenvalue weighted by Crippen LogP contribution is 2.05. The summed E-state index contributed by atoms with van der Waals surface area (Å²) in [5, 5.41) is 18.5. The summed E-state index contributed by atoms with van der Waals surface area (Å²) in [6.07, 6.45) is 1.69. The Labute approximate surface area is 90.8 Å². The van der Waals surface area contributed by atoms with Crippen LogP contribution in [0.3, 0.4) is 0 Å². The van der Waals surface area contributed by atoms with Crippen LogP contribution in [0.25, 0.3) is 6.08 Å². The molecule has 0 radical (unpaired) electrons. The van der Waals surface area contributed by atoms with Crippen LogP contribution in [0.4, 0.5) is 0 Å². The molecular weight excluding hydrogens is 189 g/mol. The summed E-state index contributed by atoms with van der Waals surface area (Å²) < 4.78 is 0. The minimum Gasteiger partial charge on any atom is -0.423 e. The highest BCUT2D eigenvalue weighted by Gasteiger charge is 2.16. The lowest BCUT2D eigenvalue weighted by Gasteiger charge is -2.14. The number of hydrogen-bond donors (Lipinski definition) is 2. The van der Waals surface area contributed by atoms with Crippen LogP contribution in [-0.4, -0.2) is 36.2 Å². The van der Waals surface area contributed by atoms with Crippen LogP contribution in [0.2, 0.25) is 0 Å². The van der Waals surface area contributed by atoms with Gasteiger partial charge >= 0.3 is 7.12 Å². The molecule has 0 aromatic heterocycles. The molecule has 0 saturated carbocycles. The Morgan fingerprint density at radius 2 is 2.07 bits per heavy atom. The Hall–Kier alpha value is -1.10. The van der Waals surface area contributed by atoms with Gasteiger partial charge in [-0.05, 0) is 30.7 Å². The molecule has 0 aliphatic carbocycles. The zero-order chi connectivity index (χ0) is 11.4. The Morgan fingerprint density at radius 1 is 1.40 bits per heavy atom. The molecular formula is C11H16BNO2. The molecule has 0 amide bonds. The zero-order valence-electron chi connectivity index (χ0n) is 9.14. The van der Waals surface area contributed by atoms with Gasteiger partial charge in [-0.15, -0.1) is 0 Å². The second-order valence-corrected chi connectivity index (χ2v) is 3.77. The van der Waals surface area contributed by atoms with Crippen LogP contribution in [0.15, 0.2) is 24.8 Å². The highest BCUT2D eigenvalue weighted by molar-refractivity contribution is 6.59. The maximum absolute atomic E-state index is 9.24. The molecule has 80 valence electrons. The predicted octanol–water partition coefficient (Wildman–Crippen LogP) is 0.0710. The molecule has 15 heavy (non-hydrogen) atoms. The molecule has 0 bridgehead atoms. The normalized spacial score (nSPS) is 10.5. The first-order valence-corrected chi connectivity index (χ1v) is 4.80. The molecule has 0 heterocycles. The molecule has 1 rings (SSSR count). The van der Waals surface area contributed by atoms with Crippen molar-refractivity contribution in [2.24, 2.45) is 0 Å². The SMILES string of the molecule is C=Cc1ccc(CN(C)C)c(B(O)O)c1. The average Bonchev–Trinajstić information content (AvgIpc) is 2.17. The van der Waals surface area contributed by atoms with Crippen molar-refractivity contribution in [2.45, 2.75) is 6.54 Å². The molecule has 0 aliphatic heterocycles. The maximum atomic E-state index is 9.24. The van der Waals surface area contributed by atoms with Crippen LogP contribution in [0.1, 0.15) is 11.1 Å². The van der Waals surface area contributed by atoms with Crippen molar-refractivity contribution in [3.63, 3.8) is 0 Å². The van der Waals surface area contributed by atoms with Crippen molar-refractivity contribution >= 4 is 18.7 Å². The van der Waals surface area contributed by atoms with E-state index in [0.717, 1.165) is 11.1 Å². The fourth-order valence-corrected chi connectivity index (χ4v) is 1.47. The van der Waals surface area contributed by atoms with Gasteiger partial charge in [0.15, 0.2) is 0 Å². The summed E-state index contributed by atoms with van der Waals surface area (Å²) in [5.41, 5.74) is 2.35. The van der Waals surface area contributed by atoms with Crippen molar-refractivity contribution in [1.29, 1.82) is 0 Å². The molecule has 3 nitrogen and oxygen atoms in total. The molecule has 1 aromatic carbocycles. The molecule has 0 saturated heterocycles. The molecule has 1 aromatic rings. The lowest BCUT2D eigenvalue weighted by molar-refractivity contribution is 0.399. The summed E-state index contributed by atoms with van der Waals surface area (Å²) in [7, 11) is 2.45. The number of rotatable bonds is 4. The Balaban J connectivity index is 3.09. The van der Waals surface area contributed by atoms with Crippen molar-refractivity contribution < 1.29 is 10.0 Å². The average molecular weight is 205 g/mol. The third kappa shape index (κ3) is 3.20. The first kappa shape index (κ1) is 12.0. The summed E-state index contributed by atoms with van der Waals surface area (Å²) in [4.78, 5) is 1.98. The van der Waals surface area contributed by atoms with Gasteiger partial charge < -0.3 is 14.9 Å². The third-order valence-corrected chi connectivity index (χ3v) is 2.17.